The molecule has 0 saturated heterocycles. The van der Waals surface area contributed by atoms with E-state index in [0.29, 0.717) is 0 Å². The Kier molecular flexibility index (Phi) is 2.24. The van der Waals surface area contributed by atoms with Crippen LogP contribution in [0.1, 0.15) is 28.8 Å². The second-order valence-electron chi connectivity index (χ2n) is 4.97. The molecule has 2 aromatic rings. The lowest BCUT2D eigenvalue weighted by Gasteiger charge is -2.40. The van der Waals surface area contributed by atoms with Crippen LogP contribution in [0.2, 0.25) is 0 Å². The molecule has 0 N–H and O–H groups in total. The van der Waals surface area contributed by atoms with Crippen molar-refractivity contribution in [3.8, 4) is 0 Å². The highest BCUT2D eigenvalue weighted by Gasteiger charge is 2.54. The first-order chi connectivity index (χ1) is 8.79. The average Bonchev–Trinajstić information content (AvgIpc) is 2.42. The molecule has 1 aromatic carbocycles. The van der Waals surface area contributed by atoms with Crippen LogP contribution in [0.25, 0.3) is 0 Å². The van der Waals surface area contributed by atoms with Crippen LogP contribution in [0.3, 0.4) is 0 Å². The van der Waals surface area contributed by atoms with Crippen LogP contribution in [0, 0.1) is 0 Å². The minimum absolute atomic E-state index is 0.0334. The van der Waals surface area contributed by atoms with E-state index in [1.54, 1.807) is 0 Å². The Morgan fingerprint density at radius 3 is 2.39 bits per heavy atom. The van der Waals surface area contributed by atoms with Crippen LogP contribution in [0.4, 0.5) is 0 Å². The van der Waals surface area contributed by atoms with Crippen LogP contribution in [-0.4, -0.2) is 10.8 Å². The Morgan fingerprint density at radius 2 is 1.56 bits per heavy atom. The molecule has 3 heteroatoms. The van der Waals surface area contributed by atoms with Crippen molar-refractivity contribution < 1.29 is 4.57 Å². The van der Waals surface area contributed by atoms with Gasteiger partial charge < -0.3 is 0 Å². The standard InChI is InChI=1S/C15H12Cl2N/c16-13-12-9-5-1-2-6-10(9)15(14(13)17)18-8-4-3-7-11(12)18/h1-8,12-15H/q+1. The summed E-state index contributed by atoms with van der Waals surface area (Å²) in [6.45, 7) is 0. The molecule has 0 saturated carbocycles. The zero-order valence-electron chi connectivity index (χ0n) is 9.63. The molecule has 4 unspecified atom stereocenters. The molecule has 3 aliphatic rings. The third-order valence-corrected chi connectivity index (χ3v) is 5.28. The number of benzene rings is 1. The highest BCUT2D eigenvalue weighted by atomic mass is 35.5. The Morgan fingerprint density at radius 1 is 0.833 bits per heavy atom. The number of aromatic nitrogens is 1. The normalized spacial score (nSPS) is 31.9. The Balaban J connectivity index is 2.06. The SMILES string of the molecule is ClC1C2c3ccccc3C(C1Cl)[n+]1ccccc12. The molecule has 2 bridgehead atoms. The zero-order valence-corrected chi connectivity index (χ0v) is 11.1. The maximum absolute atomic E-state index is 6.57. The van der Waals surface area contributed by atoms with Gasteiger partial charge in [0.2, 0.25) is 6.04 Å². The van der Waals surface area contributed by atoms with Gasteiger partial charge in [0.1, 0.15) is 5.38 Å². The Hall–Kier alpha value is -1.05. The summed E-state index contributed by atoms with van der Waals surface area (Å²) in [5, 5.41) is -0.0829. The summed E-state index contributed by atoms with van der Waals surface area (Å²) in [5.74, 6) is 0.205. The van der Waals surface area contributed by atoms with E-state index in [9.17, 15) is 0 Å². The fourth-order valence-electron chi connectivity index (χ4n) is 3.38. The number of halogens is 2. The second-order valence-corrected chi connectivity index (χ2v) is 5.98. The van der Waals surface area contributed by atoms with Crippen molar-refractivity contribution in [2.24, 2.45) is 0 Å². The smallest absolute Gasteiger partial charge is 0.193 e. The summed E-state index contributed by atoms with van der Waals surface area (Å²) in [6, 6.07) is 15.0. The minimum Gasteiger partial charge on any atom is -0.193 e. The van der Waals surface area contributed by atoms with Crippen molar-refractivity contribution in [3.63, 3.8) is 0 Å². The van der Waals surface area contributed by atoms with Gasteiger partial charge in [-0.1, -0.05) is 30.3 Å². The molecular weight excluding hydrogens is 265 g/mol. The van der Waals surface area contributed by atoms with E-state index in [1.807, 2.05) is 0 Å². The zero-order chi connectivity index (χ0) is 12.3. The second kappa shape index (κ2) is 3.72. The molecule has 5 rings (SSSR count). The highest BCUT2D eigenvalue weighted by molar-refractivity contribution is 6.31. The van der Waals surface area contributed by atoms with Crippen molar-refractivity contribution >= 4 is 23.2 Å². The lowest BCUT2D eigenvalue weighted by Crippen LogP contribution is -2.60. The lowest BCUT2D eigenvalue weighted by atomic mass is 9.73. The van der Waals surface area contributed by atoms with Crippen molar-refractivity contribution in [1.29, 1.82) is 0 Å². The fourth-order valence-corrected chi connectivity index (χ4v) is 4.18. The van der Waals surface area contributed by atoms with E-state index in [2.05, 4.69) is 53.2 Å². The van der Waals surface area contributed by atoms with Gasteiger partial charge in [-0.3, -0.25) is 0 Å². The third kappa shape index (κ3) is 1.21. The molecule has 0 amide bonds. The molecule has 18 heavy (non-hydrogen) atoms. The topological polar surface area (TPSA) is 3.88 Å². The molecule has 1 aliphatic carbocycles. The van der Waals surface area contributed by atoms with E-state index in [0.717, 1.165) is 0 Å². The van der Waals surface area contributed by atoms with Crippen LogP contribution in [0.15, 0.2) is 48.7 Å². The van der Waals surface area contributed by atoms with Gasteiger partial charge in [0.15, 0.2) is 11.9 Å². The molecule has 1 aromatic heterocycles. The summed E-state index contributed by atoms with van der Waals surface area (Å²) in [4.78, 5) is 0. The van der Waals surface area contributed by atoms with Crippen molar-refractivity contribution in [2.75, 3.05) is 0 Å². The Labute approximate surface area is 116 Å². The molecule has 0 spiro atoms. The van der Waals surface area contributed by atoms with Gasteiger partial charge in [-0.25, -0.2) is 0 Å². The van der Waals surface area contributed by atoms with E-state index in [-0.39, 0.29) is 22.7 Å². The van der Waals surface area contributed by atoms with Gasteiger partial charge in [-0.2, -0.15) is 4.57 Å². The predicted molar refractivity (Wildman–Crippen MR) is 72.3 cm³/mol. The summed E-state index contributed by atoms with van der Waals surface area (Å²) in [5.41, 5.74) is 3.94. The molecule has 0 fully saturated rings. The van der Waals surface area contributed by atoms with Gasteiger partial charge in [-0.15, -0.1) is 23.2 Å². The van der Waals surface area contributed by atoms with Crippen LogP contribution < -0.4 is 4.57 Å². The average molecular weight is 277 g/mol. The molecular formula is C15H12Cl2N+. The number of hydrogen-bond donors (Lipinski definition) is 0. The van der Waals surface area contributed by atoms with Crippen LogP contribution >= 0.6 is 23.2 Å². The van der Waals surface area contributed by atoms with E-state index < -0.39 is 0 Å². The number of pyridine rings is 1. The number of rotatable bonds is 0. The summed E-state index contributed by atoms with van der Waals surface area (Å²) in [6.07, 6.45) is 2.11. The third-order valence-electron chi connectivity index (χ3n) is 4.12. The molecule has 1 nitrogen and oxygen atoms in total. The van der Waals surface area contributed by atoms with E-state index in [1.165, 1.54) is 16.8 Å². The van der Waals surface area contributed by atoms with E-state index >= 15 is 0 Å². The minimum atomic E-state index is -0.0496. The first kappa shape index (κ1) is 10.8. The summed E-state index contributed by atoms with van der Waals surface area (Å²) in [7, 11) is 0. The van der Waals surface area contributed by atoms with Crippen LogP contribution in [-0.2, 0) is 0 Å². The highest BCUT2D eigenvalue weighted by Crippen LogP contribution is 2.48. The van der Waals surface area contributed by atoms with Gasteiger partial charge in [0.05, 0.1) is 11.3 Å². The lowest BCUT2D eigenvalue weighted by molar-refractivity contribution is -0.728. The number of fused-ring (bicyclic) bond motifs is 1. The van der Waals surface area contributed by atoms with Gasteiger partial charge in [0.25, 0.3) is 0 Å². The monoisotopic (exact) mass is 276 g/mol. The number of nitrogens with zero attached hydrogens (tertiary/aromatic N) is 1. The number of alkyl halides is 2. The quantitative estimate of drug-likeness (QED) is 0.514. The molecule has 0 radical (unpaired) electrons. The van der Waals surface area contributed by atoms with Gasteiger partial charge in [-0.05, 0) is 5.56 Å². The fraction of sp³-hybridized carbons (Fsp3) is 0.267. The van der Waals surface area contributed by atoms with Crippen LogP contribution in [0.5, 0.6) is 0 Å². The first-order valence-electron chi connectivity index (χ1n) is 6.16. The summed E-state index contributed by atoms with van der Waals surface area (Å²) < 4.78 is 2.28. The molecule has 90 valence electrons. The maximum Gasteiger partial charge on any atom is 0.201 e. The van der Waals surface area contributed by atoms with Crippen molar-refractivity contribution in [2.45, 2.75) is 22.7 Å². The largest absolute Gasteiger partial charge is 0.201 e. The van der Waals surface area contributed by atoms with E-state index in [4.69, 9.17) is 23.2 Å². The molecule has 4 atom stereocenters. The van der Waals surface area contributed by atoms with Crippen molar-refractivity contribution in [3.05, 3.63) is 65.5 Å². The van der Waals surface area contributed by atoms with Crippen molar-refractivity contribution in [1.82, 2.24) is 0 Å². The molecule has 3 heterocycles. The maximum atomic E-state index is 6.57. The first-order valence-corrected chi connectivity index (χ1v) is 7.03. The van der Waals surface area contributed by atoms with Gasteiger partial charge >= 0.3 is 0 Å². The predicted octanol–water partition coefficient (Wildman–Crippen LogP) is 3.24. The van der Waals surface area contributed by atoms with Gasteiger partial charge in [0, 0.05) is 17.7 Å². The Bertz CT molecular complexity index is 524. The summed E-state index contributed by atoms with van der Waals surface area (Å²) >= 11 is 13.1. The molecule has 2 aliphatic heterocycles. The number of hydrogen-bond acceptors (Lipinski definition) is 0.